The molecule has 0 radical (unpaired) electrons. The molecule has 1 heterocycles. The van der Waals surface area contributed by atoms with Crippen molar-refractivity contribution in [2.75, 3.05) is 18.1 Å². The molecule has 2 rings (SSSR count). The number of hydrogen-bond acceptors (Lipinski definition) is 4. The lowest BCUT2D eigenvalue weighted by Crippen LogP contribution is -2.34. The minimum Gasteiger partial charge on any atom is -0.357 e. The van der Waals surface area contributed by atoms with Crippen molar-refractivity contribution in [1.29, 1.82) is 0 Å². The van der Waals surface area contributed by atoms with Crippen LogP contribution in [0.4, 0.5) is 18.9 Å². The van der Waals surface area contributed by atoms with E-state index >= 15 is 0 Å². The molecule has 1 aliphatic heterocycles. The Labute approximate surface area is 122 Å². The lowest BCUT2D eigenvalue weighted by molar-refractivity contribution is -0.138. The third-order valence-corrected chi connectivity index (χ3v) is 4.00. The Balaban J connectivity index is 2.38. The summed E-state index contributed by atoms with van der Waals surface area (Å²) in [6.07, 6.45) is -4.57. The van der Waals surface area contributed by atoms with E-state index in [2.05, 4.69) is 5.32 Å². The van der Waals surface area contributed by atoms with E-state index in [1.54, 1.807) is 4.90 Å². The first-order valence-electron chi connectivity index (χ1n) is 6.40. The third-order valence-electron chi connectivity index (χ3n) is 3.40. The van der Waals surface area contributed by atoms with Crippen LogP contribution in [0.1, 0.15) is 25.0 Å². The van der Waals surface area contributed by atoms with Crippen LogP contribution in [0.25, 0.3) is 0 Å². The predicted octanol–water partition coefficient (Wildman–Crippen LogP) is 1.96. The number of hydrogen-bond donors (Lipinski definition) is 2. The summed E-state index contributed by atoms with van der Waals surface area (Å²) < 4.78 is 60.7. The van der Waals surface area contributed by atoms with Gasteiger partial charge >= 0.3 is 6.18 Å². The number of alkyl halides is 3. The molecule has 1 saturated heterocycles. The lowest BCUT2D eigenvalue weighted by atomic mass is 10.1. The van der Waals surface area contributed by atoms with E-state index in [0.29, 0.717) is 18.9 Å². The maximum absolute atomic E-state index is 13.1. The zero-order valence-electron chi connectivity index (χ0n) is 11.7. The van der Waals surface area contributed by atoms with E-state index in [-0.39, 0.29) is 11.1 Å². The fourth-order valence-corrected chi connectivity index (χ4v) is 2.94. The molecule has 1 aliphatic rings. The highest BCUT2D eigenvalue weighted by Crippen LogP contribution is 2.35. The number of nitrogens with one attached hydrogen (secondary N) is 1. The second kappa shape index (κ2) is 5.49. The third kappa shape index (κ3) is 3.88. The molecule has 0 unspecified atom stereocenters. The predicted molar refractivity (Wildman–Crippen MR) is 74.9 cm³/mol. The molecule has 1 aromatic carbocycles. The van der Waals surface area contributed by atoms with Crippen molar-refractivity contribution in [3.8, 4) is 0 Å². The normalized spacial score (nSPS) is 18.5. The van der Waals surface area contributed by atoms with Gasteiger partial charge in [0.2, 0.25) is 0 Å². The number of nitrogens with zero attached hydrogens (tertiary/aromatic N) is 1. The highest BCUT2D eigenvalue weighted by Gasteiger charge is 2.35. The van der Waals surface area contributed by atoms with E-state index in [1.807, 2.05) is 13.8 Å². The van der Waals surface area contributed by atoms with Gasteiger partial charge in [-0.2, -0.15) is 13.2 Å². The molecule has 0 saturated carbocycles. The minimum atomic E-state index is -4.57. The van der Waals surface area contributed by atoms with Gasteiger partial charge in [0.25, 0.3) is 0 Å². The number of rotatable bonds is 3. The molecule has 0 bridgehead atoms. The average Bonchev–Trinajstić information content (AvgIpc) is 2.68. The van der Waals surface area contributed by atoms with E-state index in [9.17, 15) is 21.6 Å². The van der Waals surface area contributed by atoms with Gasteiger partial charge in [0, 0.05) is 17.8 Å². The first-order chi connectivity index (χ1) is 9.58. The molecular weight excluding hydrogens is 305 g/mol. The number of halogens is 3. The maximum atomic E-state index is 13.1. The molecule has 0 aromatic heterocycles. The molecule has 8 heteroatoms. The molecule has 1 aromatic rings. The van der Waals surface area contributed by atoms with Crippen molar-refractivity contribution in [1.82, 2.24) is 5.32 Å². The fraction of sp³-hybridized carbons (Fsp3) is 0.538. The largest absolute Gasteiger partial charge is 0.416 e. The zero-order chi connectivity index (χ0) is 15.8. The van der Waals surface area contributed by atoms with Gasteiger partial charge in [-0.15, -0.1) is 0 Å². The van der Waals surface area contributed by atoms with Gasteiger partial charge in [-0.05, 0) is 31.5 Å². The Morgan fingerprint density at radius 1 is 1.33 bits per heavy atom. The fourth-order valence-electron chi connectivity index (χ4n) is 2.38. The smallest absolute Gasteiger partial charge is 0.357 e. The van der Waals surface area contributed by atoms with E-state index < -0.39 is 28.2 Å². The minimum absolute atomic E-state index is 0.171. The van der Waals surface area contributed by atoms with Gasteiger partial charge in [-0.1, -0.05) is 6.07 Å². The molecule has 1 fully saturated rings. The summed E-state index contributed by atoms with van der Waals surface area (Å²) in [5.41, 5.74) is -0.835. The van der Waals surface area contributed by atoms with Crippen molar-refractivity contribution in [2.45, 2.75) is 31.3 Å². The van der Waals surface area contributed by atoms with Crippen LogP contribution in [0, 0.1) is 0 Å². The van der Waals surface area contributed by atoms with Crippen LogP contribution in [0.15, 0.2) is 18.2 Å². The molecule has 1 N–H and O–H groups in total. The standard InChI is InChI=1S/C13H17F3N2O2S/c1-12(2)7-18(8-17-12)10-4-3-9(6-21(19)20)11(5-10)13(14,15)16/h3-5,17,21H,6-8H2,1-2H3. The quantitative estimate of drug-likeness (QED) is 0.836. The Morgan fingerprint density at radius 3 is 2.48 bits per heavy atom. The average molecular weight is 322 g/mol. The van der Waals surface area contributed by atoms with Crippen LogP contribution in [-0.2, 0) is 22.6 Å². The molecule has 118 valence electrons. The van der Waals surface area contributed by atoms with Crippen LogP contribution in [-0.4, -0.2) is 27.2 Å². The van der Waals surface area contributed by atoms with Gasteiger partial charge in [0.15, 0.2) is 0 Å². The Hall–Kier alpha value is -1.28. The topological polar surface area (TPSA) is 49.4 Å². The molecule has 0 amide bonds. The SMILES string of the molecule is CC1(C)CN(c2ccc(C[SH](=O)=O)c(C(F)(F)F)c2)CN1. The molecule has 0 spiro atoms. The second-order valence-electron chi connectivity index (χ2n) is 5.75. The van der Waals surface area contributed by atoms with Gasteiger partial charge in [-0.25, -0.2) is 8.42 Å². The Kier molecular flexibility index (Phi) is 4.21. The lowest BCUT2D eigenvalue weighted by Gasteiger charge is -2.22. The molecule has 0 atom stereocenters. The van der Waals surface area contributed by atoms with E-state index in [0.717, 1.165) is 6.07 Å². The van der Waals surface area contributed by atoms with Gasteiger partial charge in [0.1, 0.15) is 10.7 Å². The number of anilines is 1. The molecule has 21 heavy (non-hydrogen) atoms. The molecular formula is C13H17F3N2O2S. The summed E-state index contributed by atoms with van der Waals surface area (Å²) in [5.74, 6) is -0.603. The molecule has 0 aliphatic carbocycles. The van der Waals surface area contributed by atoms with E-state index in [4.69, 9.17) is 0 Å². The highest BCUT2D eigenvalue weighted by molar-refractivity contribution is 7.71. The van der Waals surface area contributed by atoms with Crippen LogP contribution in [0.3, 0.4) is 0 Å². The zero-order valence-corrected chi connectivity index (χ0v) is 12.6. The summed E-state index contributed by atoms with van der Waals surface area (Å²) in [6.45, 7) is 4.97. The van der Waals surface area contributed by atoms with Crippen molar-refractivity contribution in [2.24, 2.45) is 0 Å². The summed E-state index contributed by atoms with van der Waals surface area (Å²) in [5, 5.41) is 3.20. The summed E-state index contributed by atoms with van der Waals surface area (Å²) in [6, 6.07) is 3.80. The van der Waals surface area contributed by atoms with Crippen LogP contribution < -0.4 is 10.2 Å². The van der Waals surface area contributed by atoms with Gasteiger partial charge in [0.05, 0.1) is 18.0 Å². The van der Waals surface area contributed by atoms with Gasteiger partial charge in [-0.3, -0.25) is 5.32 Å². The summed E-state index contributed by atoms with van der Waals surface area (Å²) >= 11 is 0. The van der Waals surface area contributed by atoms with Crippen molar-refractivity contribution in [3.05, 3.63) is 29.3 Å². The van der Waals surface area contributed by atoms with Crippen LogP contribution in [0.2, 0.25) is 0 Å². The van der Waals surface area contributed by atoms with Crippen molar-refractivity contribution < 1.29 is 21.6 Å². The molecule has 4 nitrogen and oxygen atoms in total. The second-order valence-corrected chi connectivity index (χ2v) is 6.73. The summed E-state index contributed by atoms with van der Waals surface area (Å²) in [7, 11) is -2.90. The maximum Gasteiger partial charge on any atom is 0.416 e. The van der Waals surface area contributed by atoms with E-state index in [1.165, 1.54) is 12.1 Å². The van der Waals surface area contributed by atoms with Crippen molar-refractivity contribution >= 4 is 16.4 Å². The first-order valence-corrected chi connectivity index (χ1v) is 7.77. The first kappa shape index (κ1) is 16.1. The van der Waals surface area contributed by atoms with Crippen LogP contribution in [0.5, 0.6) is 0 Å². The Bertz CT molecular complexity index is 604. The Morgan fingerprint density at radius 2 is 2.00 bits per heavy atom. The highest BCUT2D eigenvalue weighted by atomic mass is 32.2. The monoisotopic (exact) mass is 322 g/mol. The number of thiol groups is 1. The van der Waals surface area contributed by atoms with Gasteiger partial charge < -0.3 is 4.90 Å². The van der Waals surface area contributed by atoms with Crippen molar-refractivity contribution in [3.63, 3.8) is 0 Å². The van der Waals surface area contributed by atoms with Crippen LogP contribution >= 0.6 is 0 Å². The summed E-state index contributed by atoms with van der Waals surface area (Å²) in [4.78, 5) is 1.80. The number of benzene rings is 1.